The number of nitrogens with zero attached hydrogens (tertiary/aromatic N) is 4. The summed E-state index contributed by atoms with van der Waals surface area (Å²) >= 11 is 1.35. The number of hydrogen-bond acceptors (Lipinski definition) is 6. The lowest BCUT2D eigenvalue weighted by molar-refractivity contribution is -0.118. The van der Waals surface area contributed by atoms with Crippen LogP contribution in [0.1, 0.15) is 65.0 Å². The number of unbranched alkanes of at least 4 members (excludes halogenated alkanes) is 2. The summed E-state index contributed by atoms with van der Waals surface area (Å²) in [7, 11) is 0. The summed E-state index contributed by atoms with van der Waals surface area (Å²) < 4.78 is 7.74. The highest BCUT2D eigenvalue weighted by Crippen LogP contribution is 2.27. The predicted molar refractivity (Wildman–Crippen MR) is 148 cm³/mol. The van der Waals surface area contributed by atoms with Crippen molar-refractivity contribution in [2.75, 3.05) is 12.4 Å². The number of ether oxygens (including phenoxy) is 1. The minimum Gasteiger partial charge on any atom is -0.494 e. The van der Waals surface area contributed by atoms with Crippen molar-refractivity contribution in [3.05, 3.63) is 59.7 Å². The maximum atomic E-state index is 12.3. The Morgan fingerprint density at radius 2 is 1.78 bits per heavy atom. The summed E-state index contributed by atoms with van der Waals surface area (Å²) in [6.45, 7) is 12.2. The first kappa shape index (κ1) is 27.5. The van der Waals surface area contributed by atoms with Crippen LogP contribution in [0.5, 0.6) is 5.75 Å². The summed E-state index contributed by atoms with van der Waals surface area (Å²) in [6, 6.07) is 16.1. The summed E-state index contributed by atoms with van der Waals surface area (Å²) in [5.74, 6) is 1.64. The second-order valence-electron chi connectivity index (χ2n) is 9.58. The summed E-state index contributed by atoms with van der Waals surface area (Å²) in [6.07, 6.45) is 5.03. The lowest BCUT2D eigenvalue weighted by Gasteiger charge is -2.19. The molecule has 8 heteroatoms. The van der Waals surface area contributed by atoms with E-state index in [-0.39, 0.29) is 17.1 Å². The molecule has 0 aliphatic rings. The number of carbonyl (C=O) groups excluding carboxylic acids is 1. The van der Waals surface area contributed by atoms with Crippen molar-refractivity contribution >= 4 is 23.9 Å². The first-order valence-electron chi connectivity index (χ1n) is 12.5. The van der Waals surface area contributed by atoms with Crippen LogP contribution in [0.25, 0.3) is 11.4 Å². The van der Waals surface area contributed by atoms with E-state index in [1.807, 2.05) is 35.8 Å². The van der Waals surface area contributed by atoms with Crippen molar-refractivity contribution in [1.29, 1.82) is 0 Å². The van der Waals surface area contributed by atoms with Gasteiger partial charge < -0.3 is 9.30 Å². The molecule has 2 aromatic carbocycles. The lowest BCUT2D eigenvalue weighted by Crippen LogP contribution is -2.20. The molecular formula is C28H37N5O2S. The van der Waals surface area contributed by atoms with Gasteiger partial charge in [-0.15, -0.1) is 10.2 Å². The van der Waals surface area contributed by atoms with Crippen molar-refractivity contribution in [3.63, 3.8) is 0 Å². The molecule has 3 rings (SSSR count). The molecule has 0 radical (unpaired) electrons. The number of hydrazone groups is 1. The van der Waals surface area contributed by atoms with E-state index in [4.69, 9.17) is 4.74 Å². The number of amides is 1. The van der Waals surface area contributed by atoms with E-state index in [9.17, 15) is 4.79 Å². The van der Waals surface area contributed by atoms with Gasteiger partial charge in [0.15, 0.2) is 11.0 Å². The third-order valence-corrected chi connectivity index (χ3v) is 6.64. The van der Waals surface area contributed by atoms with Crippen LogP contribution >= 0.6 is 11.8 Å². The molecule has 0 unspecified atom stereocenters. The van der Waals surface area contributed by atoms with E-state index in [0.29, 0.717) is 11.7 Å². The number of hydrogen-bond donors (Lipinski definition) is 1. The molecule has 1 aromatic heterocycles. The van der Waals surface area contributed by atoms with E-state index in [0.717, 1.165) is 35.7 Å². The van der Waals surface area contributed by atoms with Crippen LogP contribution in [0.3, 0.4) is 0 Å². The fourth-order valence-electron chi connectivity index (χ4n) is 3.55. The van der Waals surface area contributed by atoms with Gasteiger partial charge in [-0.05, 0) is 54.2 Å². The van der Waals surface area contributed by atoms with E-state index >= 15 is 0 Å². The van der Waals surface area contributed by atoms with Gasteiger partial charge in [0.25, 0.3) is 5.91 Å². The second-order valence-corrected chi connectivity index (χ2v) is 10.5. The first-order chi connectivity index (χ1) is 17.3. The fourth-order valence-corrected chi connectivity index (χ4v) is 4.34. The minimum atomic E-state index is -0.200. The minimum absolute atomic E-state index is 0.0968. The SMILES string of the molecule is CCCCCOc1ccc(/C=N\NC(=O)CSc2nnc(-c3ccc(C(C)(C)C)cc3)n2CC)cc1. The van der Waals surface area contributed by atoms with Crippen molar-refractivity contribution in [2.45, 2.75) is 71.0 Å². The summed E-state index contributed by atoms with van der Waals surface area (Å²) in [5.41, 5.74) is 5.84. The standard InChI is InChI=1S/C28H37N5O2S/c1-6-8-9-18-35-24-16-10-21(11-17-24)19-29-30-25(34)20-36-27-32-31-26(33(27)7-2)22-12-14-23(15-13-22)28(3,4)5/h10-17,19H,6-9,18,20H2,1-5H3,(H,30,34)/b29-19-. The van der Waals surface area contributed by atoms with Gasteiger partial charge in [-0.1, -0.05) is 76.6 Å². The van der Waals surface area contributed by atoms with Crippen LogP contribution in [0.15, 0.2) is 58.8 Å². The van der Waals surface area contributed by atoms with Gasteiger partial charge in [0, 0.05) is 12.1 Å². The van der Waals surface area contributed by atoms with Gasteiger partial charge in [-0.3, -0.25) is 4.79 Å². The molecule has 3 aromatic rings. The van der Waals surface area contributed by atoms with E-state index in [1.165, 1.54) is 30.2 Å². The molecule has 0 aliphatic carbocycles. The van der Waals surface area contributed by atoms with Gasteiger partial charge in [-0.2, -0.15) is 5.10 Å². The van der Waals surface area contributed by atoms with Gasteiger partial charge in [0.2, 0.25) is 0 Å². The van der Waals surface area contributed by atoms with Gasteiger partial charge in [0.1, 0.15) is 5.75 Å². The molecule has 0 saturated heterocycles. The molecular weight excluding hydrogens is 470 g/mol. The predicted octanol–water partition coefficient (Wildman–Crippen LogP) is 6.07. The monoisotopic (exact) mass is 507 g/mol. The Hall–Kier alpha value is -3.13. The number of rotatable bonds is 12. The molecule has 0 atom stereocenters. The molecule has 1 N–H and O–H groups in total. The number of thioether (sulfide) groups is 1. The Bertz CT molecular complexity index is 1130. The molecule has 0 saturated carbocycles. The van der Waals surface area contributed by atoms with Crippen molar-refractivity contribution < 1.29 is 9.53 Å². The van der Waals surface area contributed by atoms with E-state index in [1.54, 1.807) is 6.21 Å². The second kappa shape index (κ2) is 13.3. The fraction of sp³-hybridized carbons (Fsp3) is 0.429. The Morgan fingerprint density at radius 3 is 2.42 bits per heavy atom. The maximum absolute atomic E-state index is 12.3. The van der Waals surface area contributed by atoms with Gasteiger partial charge >= 0.3 is 0 Å². The van der Waals surface area contributed by atoms with Crippen LogP contribution in [0.4, 0.5) is 0 Å². The van der Waals surface area contributed by atoms with E-state index < -0.39 is 0 Å². The molecule has 192 valence electrons. The zero-order chi connectivity index (χ0) is 26.0. The highest BCUT2D eigenvalue weighted by molar-refractivity contribution is 7.99. The molecule has 0 aliphatic heterocycles. The smallest absolute Gasteiger partial charge is 0.250 e. The Balaban J connectivity index is 1.51. The average Bonchev–Trinajstić information content (AvgIpc) is 3.29. The van der Waals surface area contributed by atoms with Crippen molar-refractivity contribution in [2.24, 2.45) is 5.10 Å². The normalized spacial score (nSPS) is 11.7. The highest BCUT2D eigenvalue weighted by Gasteiger charge is 2.17. The topological polar surface area (TPSA) is 81.4 Å². The summed E-state index contributed by atoms with van der Waals surface area (Å²) in [4.78, 5) is 12.3. The molecule has 0 fully saturated rings. The largest absolute Gasteiger partial charge is 0.494 e. The Labute approximate surface area is 218 Å². The number of benzene rings is 2. The number of aromatic nitrogens is 3. The maximum Gasteiger partial charge on any atom is 0.250 e. The zero-order valence-electron chi connectivity index (χ0n) is 22.0. The molecule has 0 bridgehead atoms. The van der Waals surface area contributed by atoms with Crippen molar-refractivity contribution in [3.8, 4) is 17.1 Å². The average molecular weight is 508 g/mol. The third kappa shape index (κ3) is 7.95. The van der Waals surface area contributed by atoms with E-state index in [2.05, 4.69) is 72.7 Å². The van der Waals surface area contributed by atoms with Crippen LogP contribution in [0.2, 0.25) is 0 Å². The van der Waals surface area contributed by atoms with Crippen LogP contribution in [-0.2, 0) is 16.8 Å². The zero-order valence-corrected chi connectivity index (χ0v) is 22.8. The molecule has 0 spiro atoms. The van der Waals surface area contributed by atoms with Gasteiger partial charge in [-0.25, -0.2) is 5.43 Å². The van der Waals surface area contributed by atoms with Crippen LogP contribution < -0.4 is 10.2 Å². The number of nitrogens with one attached hydrogen (secondary N) is 1. The molecule has 36 heavy (non-hydrogen) atoms. The molecule has 1 amide bonds. The summed E-state index contributed by atoms with van der Waals surface area (Å²) in [5, 5.41) is 13.5. The molecule has 7 nitrogen and oxygen atoms in total. The number of carbonyl (C=O) groups is 1. The van der Waals surface area contributed by atoms with Crippen LogP contribution in [-0.4, -0.2) is 39.2 Å². The van der Waals surface area contributed by atoms with Gasteiger partial charge in [0.05, 0.1) is 18.6 Å². The highest BCUT2D eigenvalue weighted by atomic mass is 32.2. The Kier molecular flexibility index (Phi) is 10.1. The van der Waals surface area contributed by atoms with Crippen LogP contribution in [0, 0.1) is 0 Å². The quantitative estimate of drug-likeness (QED) is 0.139. The third-order valence-electron chi connectivity index (χ3n) is 5.67. The molecule has 1 heterocycles. The first-order valence-corrected chi connectivity index (χ1v) is 13.5. The lowest BCUT2D eigenvalue weighted by atomic mass is 9.87. The Morgan fingerprint density at radius 1 is 1.06 bits per heavy atom. The van der Waals surface area contributed by atoms with Crippen molar-refractivity contribution in [1.82, 2.24) is 20.2 Å².